The number of benzene rings is 2. The summed E-state index contributed by atoms with van der Waals surface area (Å²) in [5.41, 5.74) is 1.29. The lowest BCUT2D eigenvalue weighted by Crippen LogP contribution is -2.08. The van der Waals surface area contributed by atoms with E-state index in [-0.39, 0.29) is 16.9 Å². The van der Waals surface area contributed by atoms with Gasteiger partial charge >= 0.3 is 5.97 Å². The van der Waals surface area contributed by atoms with Crippen molar-refractivity contribution >= 4 is 23.1 Å². The Kier molecular flexibility index (Phi) is 3.85. The van der Waals surface area contributed by atoms with E-state index < -0.39 is 5.97 Å². The number of rotatable bonds is 4. The molecular weight excluding hydrogens is 296 g/mol. The third-order valence-electron chi connectivity index (χ3n) is 3.29. The van der Waals surface area contributed by atoms with Gasteiger partial charge in [-0.15, -0.1) is 11.3 Å². The Morgan fingerprint density at radius 1 is 0.773 bits per heavy atom. The van der Waals surface area contributed by atoms with Crippen LogP contribution in [0.1, 0.15) is 25.6 Å². The molecule has 4 heteroatoms. The van der Waals surface area contributed by atoms with E-state index in [9.17, 15) is 14.7 Å². The van der Waals surface area contributed by atoms with Crippen molar-refractivity contribution in [1.29, 1.82) is 0 Å². The number of hydrogen-bond donors (Lipinski definition) is 1. The van der Waals surface area contributed by atoms with Crippen molar-refractivity contribution in [1.82, 2.24) is 0 Å². The van der Waals surface area contributed by atoms with Gasteiger partial charge in [0.2, 0.25) is 5.78 Å². The zero-order chi connectivity index (χ0) is 15.5. The van der Waals surface area contributed by atoms with Crippen molar-refractivity contribution in [2.24, 2.45) is 0 Å². The van der Waals surface area contributed by atoms with Gasteiger partial charge in [-0.3, -0.25) is 4.79 Å². The Labute approximate surface area is 131 Å². The molecule has 0 unspecified atom stereocenters. The SMILES string of the molecule is O=C(O)c1ccccc1C(=O)c1ccc(-c2ccccc2)s1. The van der Waals surface area contributed by atoms with Crippen LogP contribution in [-0.4, -0.2) is 16.9 Å². The van der Waals surface area contributed by atoms with Gasteiger partial charge in [-0.1, -0.05) is 48.5 Å². The zero-order valence-electron chi connectivity index (χ0n) is 11.5. The molecule has 22 heavy (non-hydrogen) atoms. The normalized spacial score (nSPS) is 10.4. The standard InChI is InChI=1S/C18H12O3S/c19-17(13-8-4-5-9-14(13)18(20)21)16-11-10-15(22-16)12-6-2-1-3-7-12/h1-11H,(H,20,21). The quantitative estimate of drug-likeness (QED) is 0.729. The second-order valence-corrected chi connectivity index (χ2v) is 5.79. The Morgan fingerprint density at radius 3 is 2.09 bits per heavy atom. The summed E-state index contributed by atoms with van der Waals surface area (Å²) < 4.78 is 0. The number of carbonyl (C=O) groups is 2. The van der Waals surface area contributed by atoms with Crippen LogP contribution in [0.5, 0.6) is 0 Å². The molecule has 1 aromatic heterocycles. The van der Waals surface area contributed by atoms with E-state index in [1.807, 2.05) is 36.4 Å². The Balaban J connectivity index is 1.98. The van der Waals surface area contributed by atoms with Crippen molar-refractivity contribution in [2.75, 3.05) is 0 Å². The fourth-order valence-electron chi connectivity index (χ4n) is 2.22. The van der Waals surface area contributed by atoms with Gasteiger partial charge in [0.05, 0.1) is 10.4 Å². The van der Waals surface area contributed by atoms with Gasteiger partial charge in [-0.2, -0.15) is 0 Å². The molecule has 0 radical (unpaired) electrons. The van der Waals surface area contributed by atoms with Crippen molar-refractivity contribution in [3.05, 3.63) is 82.7 Å². The van der Waals surface area contributed by atoms with E-state index in [0.717, 1.165) is 10.4 Å². The van der Waals surface area contributed by atoms with Crippen LogP contribution in [-0.2, 0) is 0 Å². The molecule has 0 aliphatic heterocycles. The molecule has 0 fully saturated rings. The summed E-state index contributed by atoms with van der Waals surface area (Å²) in [7, 11) is 0. The molecule has 0 bridgehead atoms. The number of thiophene rings is 1. The summed E-state index contributed by atoms with van der Waals surface area (Å²) in [6.07, 6.45) is 0. The maximum atomic E-state index is 12.6. The molecule has 0 atom stereocenters. The maximum Gasteiger partial charge on any atom is 0.336 e. The highest BCUT2D eigenvalue weighted by Crippen LogP contribution is 2.29. The van der Waals surface area contributed by atoms with Gasteiger partial charge in [-0.25, -0.2) is 4.79 Å². The molecule has 3 aromatic rings. The molecular formula is C18H12O3S. The molecule has 1 N–H and O–H groups in total. The van der Waals surface area contributed by atoms with Crippen LogP contribution in [0.15, 0.2) is 66.7 Å². The van der Waals surface area contributed by atoms with Gasteiger partial charge in [-0.05, 0) is 23.8 Å². The molecule has 2 aromatic carbocycles. The third-order valence-corrected chi connectivity index (χ3v) is 4.42. The zero-order valence-corrected chi connectivity index (χ0v) is 12.3. The summed E-state index contributed by atoms with van der Waals surface area (Å²) in [5, 5.41) is 9.20. The van der Waals surface area contributed by atoms with Gasteiger partial charge in [0.25, 0.3) is 0 Å². The van der Waals surface area contributed by atoms with Crippen LogP contribution in [0.25, 0.3) is 10.4 Å². The molecule has 3 nitrogen and oxygen atoms in total. The smallest absolute Gasteiger partial charge is 0.336 e. The summed E-state index contributed by atoms with van der Waals surface area (Å²) in [5.74, 6) is -1.35. The van der Waals surface area contributed by atoms with Gasteiger partial charge in [0, 0.05) is 10.4 Å². The minimum Gasteiger partial charge on any atom is -0.478 e. The fourth-order valence-corrected chi connectivity index (χ4v) is 3.18. The van der Waals surface area contributed by atoms with Crippen molar-refractivity contribution in [2.45, 2.75) is 0 Å². The van der Waals surface area contributed by atoms with Crippen LogP contribution in [0.3, 0.4) is 0 Å². The topological polar surface area (TPSA) is 54.4 Å². The lowest BCUT2D eigenvalue weighted by atomic mass is 10.0. The number of ketones is 1. The first-order valence-corrected chi connectivity index (χ1v) is 7.51. The van der Waals surface area contributed by atoms with Crippen LogP contribution in [0.2, 0.25) is 0 Å². The number of carboxylic acid groups (broad SMARTS) is 1. The molecule has 0 aliphatic rings. The molecule has 0 amide bonds. The van der Waals surface area contributed by atoms with Crippen molar-refractivity contribution in [3.63, 3.8) is 0 Å². The Bertz CT molecular complexity index is 834. The number of carboxylic acids is 1. The van der Waals surface area contributed by atoms with E-state index in [4.69, 9.17) is 0 Å². The molecule has 0 spiro atoms. The number of hydrogen-bond acceptors (Lipinski definition) is 3. The molecule has 3 rings (SSSR count). The third kappa shape index (κ3) is 2.69. The van der Waals surface area contributed by atoms with E-state index >= 15 is 0 Å². The van der Waals surface area contributed by atoms with Gasteiger partial charge < -0.3 is 5.11 Å². The molecule has 0 saturated heterocycles. The first-order chi connectivity index (χ1) is 10.7. The Morgan fingerprint density at radius 2 is 1.41 bits per heavy atom. The predicted molar refractivity (Wildman–Crippen MR) is 86.6 cm³/mol. The van der Waals surface area contributed by atoms with Crippen molar-refractivity contribution in [3.8, 4) is 10.4 Å². The summed E-state index contributed by atoms with van der Waals surface area (Å²) in [6, 6.07) is 19.7. The highest BCUT2D eigenvalue weighted by atomic mass is 32.1. The van der Waals surface area contributed by atoms with Crippen LogP contribution >= 0.6 is 11.3 Å². The van der Waals surface area contributed by atoms with Crippen LogP contribution in [0, 0.1) is 0 Å². The van der Waals surface area contributed by atoms with E-state index in [1.54, 1.807) is 24.3 Å². The minimum absolute atomic E-state index is 0.0298. The number of aromatic carboxylic acids is 1. The van der Waals surface area contributed by atoms with Crippen LogP contribution in [0.4, 0.5) is 0 Å². The monoisotopic (exact) mass is 308 g/mol. The van der Waals surface area contributed by atoms with E-state index in [0.29, 0.717) is 4.88 Å². The highest BCUT2D eigenvalue weighted by molar-refractivity contribution is 7.17. The fraction of sp³-hybridized carbons (Fsp3) is 0. The highest BCUT2D eigenvalue weighted by Gasteiger charge is 2.19. The lowest BCUT2D eigenvalue weighted by molar-refractivity contribution is 0.0693. The van der Waals surface area contributed by atoms with Crippen LogP contribution < -0.4 is 0 Å². The first kappa shape index (κ1) is 14.2. The molecule has 108 valence electrons. The van der Waals surface area contributed by atoms with Gasteiger partial charge in [0.1, 0.15) is 0 Å². The summed E-state index contributed by atoms with van der Waals surface area (Å²) in [6.45, 7) is 0. The molecule has 0 saturated carbocycles. The predicted octanol–water partition coefficient (Wildman–Crippen LogP) is 4.34. The lowest BCUT2D eigenvalue weighted by Gasteiger charge is -2.03. The van der Waals surface area contributed by atoms with E-state index in [2.05, 4.69) is 0 Å². The average Bonchev–Trinajstić information content (AvgIpc) is 3.05. The van der Waals surface area contributed by atoms with Gasteiger partial charge in [0.15, 0.2) is 0 Å². The maximum absolute atomic E-state index is 12.6. The molecule has 0 aliphatic carbocycles. The summed E-state index contributed by atoms with van der Waals surface area (Å²) >= 11 is 1.37. The summed E-state index contributed by atoms with van der Waals surface area (Å²) in [4.78, 5) is 25.3. The first-order valence-electron chi connectivity index (χ1n) is 6.69. The largest absolute Gasteiger partial charge is 0.478 e. The average molecular weight is 308 g/mol. The second kappa shape index (κ2) is 5.95. The molecule has 1 heterocycles. The second-order valence-electron chi connectivity index (χ2n) is 4.71. The minimum atomic E-state index is -1.09. The Hall–Kier alpha value is -2.72. The number of carbonyl (C=O) groups excluding carboxylic acids is 1. The van der Waals surface area contributed by atoms with E-state index in [1.165, 1.54) is 17.4 Å². The van der Waals surface area contributed by atoms with Crippen molar-refractivity contribution < 1.29 is 14.7 Å².